The van der Waals surface area contributed by atoms with Gasteiger partial charge in [0.1, 0.15) is 11.5 Å². The van der Waals surface area contributed by atoms with Gasteiger partial charge in [0.25, 0.3) is 0 Å². The number of furan rings is 1. The van der Waals surface area contributed by atoms with Gasteiger partial charge >= 0.3 is 0 Å². The van der Waals surface area contributed by atoms with Crippen molar-refractivity contribution in [2.24, 2.45) is 5.92 Å². The first kappa shape index (κ1) is 12.7. The van der Waals surface area contributed by atoms with E-state index in [4.69, 9.17) is 9.15 Å². The van der Waals surface area contributed by atoms with Crippen LogP contribution in [0.3, 0.4) is 0 Å². The predicted molar refractivity (Wildman–Crippen MR) is 68.0 cm³/mol. The highest BCUT2D eigenvalue weighted by Crippen LogP contribution is 2.31. The number of rotatable bonds is 5. The Morgan fingerprint density at radius 3 is 2.71 bits per heavy atom. The van der Waals surface area contributed by atoms with Crippen LogP contribution >= 0.6 is 0 Å². The maximum absolute atomic E-state index is 5.79. The fraction of sp³-hybridized carbons (Fsp3) is 0.714. The van der Waals surface area contributed by atoms with Gasteiger partial charge in [-0.15, -0.1) is 0 Å². The summed E-state index contributed by atoms with van der Waals surface area (Å²) >= 11 is 0. The Bertz CT molecular complexity index is 329. The summed E-state index contributed by atoms with van der Waals surface area (Å²) in [5, 5.41) is 3.62. The highest BCUT2D eigenvalue weighted by atomic mass is 16.5. The average Bonchev–Trinajstić information content (AvgIpc) is 2.78. The molecule has 2 rings (SSSR count). The van der Waals surface area contributed by atoms with Gasteiger partial charge in [-0.1, -0.05) is 6.92 Å². The smallest absolute Gasteiger partial charge is 0.121 e. The molecule has 96 valence electrons. The van der Waals surface area contributed by atoms with E-state index in [2.05, 4.69) is 24.4 Å². The maximum atomic E-state index is 5.79. The lowest BCUT2D eigenvalue weighted by Gasteiger charge is -2.29. The molecule has 1 fully saturated rings. The van der Waals surface area contributed by atoms with Gasteiger partial charge in [0, 0.05) is 13.2 Å². The molecule has 1 atom stereocenters. The van der Waals surface area contributed by atoms with Crippen LogP contribution in [-0.4, -0.2) is 19.8 Å². The van der Waals surface area contributed by atoms with Crippen molar-refractivity contribution in [2.75, 3.05) is 19.8 Å². The molecule has 0 saturated carbocycles. The molecule has 1 aromatic rings. The van der Waals surface area contributed by atoms with Crippen molar-refractivity contribution < 1.29 is 9.15 Å². The SMILES string of the molecule is CCCNC(c1ccc(C)o1)C1CCOCC1. The molecule has 0 spiro atoms. The first-order chi connectivity index (χ1) is 8.31. The van der Waals surface area contributed by atoms with E-state index < -0.39 is 0 Å². The molecule has 3 heteroatoms. The molecular weight excluding hydrogens is 214 g/mol. The number of nitrogens with one attached hydrogen (secondary N) is 1. The third kappa shape index (κ3) is 3.33. The molecule has 0 radical (unpaired) electrons. The minimum absolute atomic E-state index is 0.354. The van der Waals surface area contributed by atoms with Crippen molar-refractivity contribution in [3.63, 3.8) is 0 Å². The molecule has 1 aliphatic rings. The van der Waals surface area contributed by atoms with Crippen LogP contribution in [0.2, 0.25) is 0 Å². The normalized spacial score (nSPS) is 19.4. The van der Waals surface area contributed by atoms with Crippen molar-refractivity contribution in [3.05, 3.63) is 23.7 Å². The maximum Gasteiger partial charge on any atom is 0.121 e. The fourth-order valence-electron chi connectivity index (χ4n) is 2.47. The summed E-state index contributed by atoms with van der Waals surface area (Å²) in [4.78, 5) is 0. The van der Waals surface area contributed by atoms with Crippen molar-refractivity contribution >= 4 is 0 Å². The summed E-state index contributed by atoms with van der Waals surface area (Å²) in [6, 6.07) is 4.51. The van der Waals surface area contributed by atoms with Crippen LogP contribution in [0.4, 0.5) is 0 Å². The van der Waals surface area contributed by atoms with E-state index in [1.54, 1.807) is 0 Å². The van der Waals surface area contributed by atoms with Gasteiger partial charge in [0.15, 0.2) is 0 Å². The molecule has 1 aliphatic heterocycles. The zero-order chi connectivity index (χ0) is 12.1. The minimum atomic E-state index is 0.354. The lowest BCUT2D eigenvalue weighted by atomic mass is 9.90. The lowest BCUT2D eigenvalue weighted by Crippen LogP contribution is -2.32. The van der Waals surface area contributed by atoms with Crippen LogP contribution < -0.4 is 5.32 Å². The average molecular weight is 237 g/mol. The van der Waals surface area contributed by atoms with E-state index in [0.29, 0.717) is 12.0 Å². The monoisotopic (exact) mass is 237 g/mol. The summed E-state index contributed by atoms with van der Waals surface area (Å²) < 4.78 is 11.2. The van der Waals surface area contributed by atoms with Crippen molar-refractivity contribution in [2.45, 2.75) is 39.2 Å². The number of ether oxygens (including phenoxy) is 1. The molecular formula is C14H23NO2. The van der Waals surface area contributed by atoms with Crippen molar-refractivity contribution in [1.82, 2.24) is 5.32 Å². The molecule has 3 nitrogen and oxygen atoms in total. The second-order valence-electron chi connectivity index (χ2n) is 4.83. The van der Waals surface area contributed by atoms with Crippen LogP contribution in [0.15, 0.2) is 16.5 Å². The van der Waals surface area contributed by atoms with E-state index in [1.807, 2.05) is 6.92 Å². The Morgan fingerprint density at radius 2 is 2.12 bits per heavy atom. The summed E-state index contributed by atoms with van der Waals surface area (Å²) in [6.07, 6.45) is 3.40. The largest absolute Gasteiger partial charge is 0.465 e. The van der Waals surface area contributed by atoms with E-state index in [-0.39, 0.29) is 0 Å². The molecule has 1 aromatic heterocycles. The third-order valence-electron chi connectivity index (χ3n) is 3.42. The predicted octanol–water partition coefficient (Wildman–Crippen LogP) is 3.06. The zero-order valence-electron chi connectivity index (χ0n) is 10.9. The number of aryl methyl sites for hydroxylation is 1. The van der Waals surface area contributed by atoms with Crippen molar-refractivity contribution in [1.29, 1.82) is 0 Å². The standard InChI is InChI=1S/C14H23NO2/c1-3-8-15-14(12-6-9-16-10-7-12)13-5-4-11(2)17-13/h4-5,12,14-15H,3,6-10H2,1-2H3. The van der Waals surface area contributed by atoms with Gasteiger partial charge in [-0.2, -0.15) is 0 Å². The topological polar surface area (TPSA) is 34.4 Å². The fourth-order valence-corrected chi connectivity index (χ4v) is 2.47. The summed E-state index contributed by atoms with van der Waals surface area (Å²) in [5.74, 6) is 2.72. The molecule has 1 saturated heterocycles. The highest BCUT2D eigenvalue weighted by molar-refractivity contribution is 5.11. The van der Waals surface area contributed by atoms with Crippen molar-refractivity contribution in [3.8, 4) is 0 Å². The Labute approximate surface area is 104 Å². The Kier molecular flexibility index (Phi) is 4.63. The van der Waals surface area contributed by atoms with E-state index in [9.17, 15) is 0 Å². The Balaban J connectivity index is 2.06. The second kappa shape index (κ2) is 6.22. The minimum Gasteiger partial charge on any atom is -0.465 e. The van der Waals surface area contributed by atoms with Gasteiger partial charge in [0.2, 0.25) is 0 Å². The van der Waals surface area contributed by atoms with E-state index >= 15 is 0 Å². The van der Waals surface area contributed by atoms with Gasteiger partial charge in [-0.25, -0.2) is 0 Å². The molecule has 0 aromatic carbocycles. The molecule has 17 heavy (non-hydrogen) atoms. The molecule has 0 aliphatic carbocycles. The molecule has 1 unspecified atom stereocenters. The summed E-state index contributed by atoms with van der Waals surface area (Å²) in [7, 11) is 0. The van der Waals surface area contributed by atoms with Crippen LogP contribution in [0, 0.1) is 12.8 Å². The van der Waals surface area contributed by atoms with Gasteiger partial charge < -0.3 is 14.5 Å². The first-order valence-electron chi connectivity index (χ1n) is 6.68. The Hall–Kier alpha value is -0.800. The van der Waals surface area contributed by atoms with Crippen LogP contribution in [0.1, 0.15) is 43.7 Å². The van der Waals surface area contributed by atoms with Crippen LogP contribution in [0.5, 0.6) is 0 Å². The summed E-state index contributed by atoms with van der Waals surface area (Å²) in [5.41, 5.74) is 0. The Morgan fingerprint density at radius 1 is 1.35 bits per heavy atom. The number of hydrogen-bond donors (Lipinski definition) is 1. The van der Waals surface area contributed by atoms with Gasteiger partial charge in [-0.05, 0) is 50.8 Å². The van der Waals surface area contributed by atoms with E-state index in [0.717, 1.165) is 50.5 Å². The first-order valence-corrected chi connectivity index (χ1v) is 6.68. The number of hydrogen-bond acceptors (Lipinski definition) is 3. The molecule has 0 bridgehead atoms. The summed E-state index contributed by atoms with van der Waals surface area (Å²) in [6.45, 7) is 7.01. The molecule has 0 amide bonds. The second-order valence-corrected chi connectivity index (χ2v) is 4.83. The zero-order valence-corrected chi connectivity index (χ0v) is 10.9. The van der Waals surface area contributed by atoms with Crippen LogP contribution in [0.25, 0.3) is 0 Å². The van der Waals surface area contributed by atoms with Gasteiger partial charge in [0.05, 0.1) is 6.04 Å². The lowest BCUT2D eigenvalue weighted by molar-refractivity contribution is 0.0505. The van der Waals surface area contributed by atoms with E-state index in [1.165, 1.54) is 0 Å². The molecule has 2 heterocycles. The highest BCUT2D eigenvalue weighted by Gasteiger charge is 2.26. The van der Waals surface area contributed by atoms with Crippen LogP contribution in [-0.2, 0) is 4.74 Å². The molecule has 1 N–H and O–H groups in total. The quantitative estimate of drug-likeness (QED) is 0.854. The van der Waals surface area contributed by atoms with Gasteiger partial charge in [-0.3, -0.25) is 0 Å². The third-order valence-corrected chi connectivity index (χ3v) is 3.42.